The van der Waals surface area contributed by atoms with E-state index in [1.165, 1.54) is 0 Å². The van der Waals surface area contributed by atoms with E-state index in [1.807, 2.05) is 24.3 Å². The van der Waals surface area contributed by atoms with Crippen LogP contribution in [0.25, 0.3) is 0 Å². The van der Waals surface area contributed by atoms with Crippen molar-refractivity contribution in [2.24, 2.45) is 5.92 Å². The van der Waals surface area contributed by atoms with Crippen LogP contribution in [-0.4, -0.2) is 36.9 Å². The minimum Gasteiger partial charge on any atom is -0.346 e. The van der Waals surface area contributed by atoms with Crippen molar-refractivity contribution in [3.63, 3.8) is 0 Å². The van der Waals surface area contributed by atoms with Crippen molar-refractivity contribution in [1.82, 2.24) is 10.2 Å². The molecule has 1 atom stereocenters. The molecule has 2 N–H and O–H groups in total. The quantitative estimate of drug-likeness (QED) is 0.870. The van der Waals surface area contributed by atoms with Crippen molar-refractivity contribution in [2.75, 3.05) is 25.5 Å². The fourth-order valence-electron chi connectivity index (χ4n) is 2.44. The molecule has 5 nitrogen and oxygen atoms in total. The van der Waals surface area contributed by atoms with Crippen LogP contribution in [0.4, 0.5) is 5.69 Å². The summed E-state index contributed by atoms with van der Waals surface area (Å²) in [5.41, 5.74) is 1.93. The minimum absolute atomic E-state index is 0. The predicted molar refractivity (Wildman–Crippen MR) is 90.1 cm³/mol. The number of nitrogens with zero attached hydrogens (tertiary/aromatic N) is 1. The topological polar surface area (TPSA) is 61.4 Å². The van der Waals surface area contributed by atoms with E-state index in [2.05, 4.69) is 17.6 Å². The second kappa shape index (κ2) is 8.76. The Morgan fingerprint density at radius 3 is 2.86 bits per heavy atom. The molecule has 22 heavy (non-hydrogen) atoms. The lowest BCUT2D eigenvalue weighted by molar-refractivity contribution is -0.137. The molecule has 0 saturated carbocycles. The number of nitrogens with one attached hydrogen (secondary N) is 2. The SMILES string of the molecule is CCNCc1cccc(NC(=O)C2CCN(C)C(=O)C2)c1.Cl. The predicted octanol–water partition coefficient (Wildman–Crippen LogP) is 2.02. The van der Waals surface area contributed by atoms with Crippen LogP contribution < -0.4 is 10.6 Å². The van der Waals surface area contributed by atoms with Gasteiger partial charge in [0.2, 0.25) is 11.8 Å². The Kier molecular flexibility index (Phi) is 7.35. The van der Waals surface area contributed by atoms with Gasteiger partial charge in [-0.25, -0.2) is 0 Å². The smallest absolute Gasteiger partial charge is 0.228 e. The Balaban J connectivity index is 0.00000242. The molecule has 1 aliphatic rings. The normalized spacial score (nSPS) is 17.8. The average Bonchev–Trinajstić information content (AvgIpc) is 2.48. The average molecular weight is 326 g/mol. The highest BCUT2D eigenvalue weighted by molar-refractivity contribution is 5.95. The van der Waals surface area contributed by atoms with Crippen LogP contribution in [0.5, 0.6) is 0 Å². The first kappa shape index (κ1) is 18.5. The van der Waals surface area contributed by atoms with E-state index in [1.54, 1.807) is 11.9 Å². The van der Waals surface area contributed by atoms with Crippen LogP contribution in [0.2, 0.25) is 0 Å². The van der Waals surface area contributed by atoms with Gasteiger partial charge in [-0.05, 0) is 30.7 Å². The molecule has 1 saturated heterocycles. The molecular formula is C16H24ClN3O2. The second-order valence-electron chi connectivity index (χ2n) is 5.47. The van der Waals surface area contributed by atoms with Crippen LogP contribution in [-0.2, 0) is 16.1 Å². The molecule has 1 fully saturated rings. The Morgan fingerprint density at radius 1 is 1.41 bits per heavy atom. The van der Waals surface area contributed by atoms with Gasteiger partial charge in [-0.1, -0.05) is 19.1 Å². The lowest BCUT2D eigenvalue weighted by Crippen LogP contribution is -2.39. The van der Waals surface area contributed by atoms with E-state index in [-0.39, 0.29) is 30.1 Å². The molecule has 0 bridgehead atoms. The standard InChI is InChI=1S/C16H23N3O2.ClH/c1-3-17-11-12-5-4-6-14(9-12)18-16(21)13-7-8-19(2)15(20)10-13;/h4-6,9,13,17H,3,7-8,10-11H2,1-2H3,(H,18,21);1H. The number of likely N-dealkylation sites (tertiary alicyclic amines) is 1. The van der Waals surface area contributed by atoms with Crippen molar-refractivity contribution in [2.45, 2.75) is 26.3 Å². The number of carbonyl (C=O) groups excluding carboxylic acids is 2. The zero-order valence-corrected chi connectivity index (χ0v) is 13.9. The van der Waals surface area contributed by atoms with Gasteiger partial charge >= 0.3 is 0 Å². The molecule has 122 valence electrons. The van der Waals surface area contributed by atoms with Gasteiger partial charge in [0.15, 0.2) is 0 Å². The number of benzene rings is 1. The molecule has 1 aromatic carbocycles. The third kappa shape index (κ3) is 5.00. The number of anilines is 1. The number of hydrogen-bond donors (Lipinski definition) is 2. The summed E-state index contributed by atoms with van der Waals surface area (Å²) in [5.74, 6) is -0.231. The first-order valence-electron chi connectivity index (χ1n) is 7.44. The summed E-state index contributed by atoms with van der Waals surface area (Å²) < 4.78 is 0. The van der Waals surface area contributed by atoms with Crippen molar-refractivity contribution in [3.8, 4) is 0 Å². The molecule has 2 rings (SSSR count). The highest BCUT2D eigenvalue weighted by Crippen LogP contribution is 2.20. The second-order valence-corrected chi connectivity index (χ2v) is 5.47. The summed E-state index contributed by atoms with van der Waals surface area (Å²) in [7, 11) is 1.78. The number of piperidine rings is 1. The maximum absolute atomic E-state index is 12.2. The zero-order chi connectivity index (χ0) is 15.2. The van der Waals surface area contributed by atoms with E-state index in [9.17, 15) is 9.59 Å². The Labute approximate surface area is 137 Å². The summed E-state index contributed by atoms with van der Waals surface area (Å²) in [5, 5.41) is 6.18. The lowest BCUT2D eigenvalue weighted by atomic mass is 9.95. The van der Waals surface area contributed by atoms with Gasteiger partial charge < -0.3 is 15.5 Å². The van der Waals surface area contributed by atoms with Crippen LogP contribution >= 0.6 is 12.4 Å². The van der Waals surface area contributed by atoms with E-state index in [0.29, 0.717) is 13.0 Å². The molecule has 0 aromatic heterocycles. The molecule has 0 aliphatic carbocycles. The van der Waals surface area contributed by atoms with Crippen LogP contribution in [0.15, 0.2) is 24.3 Å². The maximum atomic E-state index is 12.2. The maximum Gasteiger partial charge on any atom is 0.228 e. The molecule has 6 heteroatoms. The van der Waals surface area contributed by atoms with Crippen LogP contribution in [0.3, 0.4) is 0 Å². The first-order valence-corrected chi connectivity index (χ1v) is 7.44. The molecule has 1 aliphatic heterocycles. The van der Waals surface area contributed by atoms with Crippen molar-refractivity contribution < 1.29 is 9.59 Å². The Bertz CT molecular complexity index is 522. The number of rotatable bonds is 5. The first-order chi connectivity index (χ1) is 10.1. The third-order valence-corrected chi connectivity index (χ3v) is 3.80. The number of halogens is 1. The van der Waals surface area contributed by atoms with Gasteiger partial charge in [0.05, 0.1) is 0 Å². The van der Waals surface area contributed by atoms with E-state index < -0.39 is 0 Å². The van der Waals surface area contributed by atoms with E-state index >= 15 is 0 Å². The van der Waals surface area contributed by atoms with Gasteiger partial charge in [0.1, 0.15) is 0 Å². The largest absolute Gasteiger partial charge is 0.346 e. The van der Waals surface area contributed by atoms with Gasteiger partial charge in [-0.3, -0.25) is 9.59 Å². The molecular weight excluding hydrogens is 302 g/mol. The van der Waals surface area contributed by atoms with Gasteiger partial charge in [0, 0.05) is 38.2 Å². The molecule has 0 spiro atoms. The molecule has 1 heterocycles. The Hall–Kier alpha value is -1.59. The third-order valence-electron chi connectivity index (χ3n) is 3.80. The summed E-state index contributed by atoms with van der Waals surface area (Å²) >= 11 is 0. The van der Waals surface area contributed by atoms with Gasteiger partial charge in [0.25, 0.3) is 0 Å². The molecule has 2 amide bonds. The molecule has 1 unspecified atom stereocenters. The van der Waals surface area contributed by atoms with Gasteiger partial charge in [-0.15, -0.1) is 12.4 Å². The van der Waals surface area contributed by atoms with Gasteiger partial charge in [-0.2, -0.15) is 0 Å². The van der Waals surface area contributed by atoms with Crippen LogP contribution in [0, 0.1) is 5.92 Å². The van der Waals surface area contributed by atoms with Crippen molar-refractivity contribution >= 4 is 29.9 Å². The molecule has 1 aromatic rings. The summed E-state index contributed by atoms with van der Waals surface area (Å²) in [6.07, 6.45) is 1.03. The minimum atomic E-state index is -0.217. The monoisotopic (exact) mass is 325 g/mol. The highest BCUT2D eigenvalue weighted by Gasteiger charge is 2.28. The van der Waals surface area contributed by atoms with Crippen molar-refractivity contribution in [3.05, 3.63) is 29.8 Å². The zero-order valence-electron chi connectivity index (χ0n) is 13.1. The summed E-state index contributed by atoms with van der Waals surface area (Å²) in [6, 6.07) is 7.81. The molecule has 0 radical (unpaired) electrons. The lowest BCUT2D eigenvalue weighted by Gasteiger charge is -2.27. The number of hydrogen-bond acceptors (Lipinski definition) is 3. The van der Waals surface area contributed by atoms with E-state index in [0.717, 1.165) is 30.8 Å². The van der Waals surface area contributed by atoms with Crippen molar-refractivity contribution in [1.29, 1.82) is 0 Å². The number of carbonyl (C=O) groups is 2. The summed E-state index contributed by atoms with van der Waals surface area (Å²) in [4.78, 5) is 25.6. The van der Waals surface area contributed by atoms with E-state index in [4.69, 9.17) is 0 Å². The number of amides is 2. The Morgan fingerprint density at radius 2 is 2.18 bits per heavy atom. The fraction of sp³-hybridized carbons (Fsp3) is 0.500. The fourth-order valence-corrected chi connectivity index (χ4v) is 2.44. The summed E-state index contributed by atoms with van der Waals surface area (Å²) in [6.45, 7) is 4.40. The highest BCUT2D eigenvalue weighted by atomic mass is 35.5. The van der Waals surface area contributed by atoms with Crippen LogP contribution in [0.1, 0.15) is 25.3 Å².